The highest BCUT2D eigenvalue weighted by molar-refractivity contribution is 5.57. The molecule has 3 heteroatoms. The first-order chi connectivity index (χ1) is 16.2. The Morgan fingerprint density at radius 3 is 1.61 bits per heavy atom. The molecule has 0 bridgehead atoms. The summed E-state index contributed by atoms with van der Waals surface area (Å²) in [4.78, 5) is 0. The molecule has 1 N–H and O–H groups in total. The summed E-state index contributed by atoms with van der Waals surface area (Å²) >= 11 is 0. The van der Waals surface area contributed by atoms with Crippen LogP contribution in [0.25, 0.3) is 0 Å². The number of aromatic hydroxyl groups is 1. The lowest BCUT2D eigenvalue weighted by atomic mass is 9.74. The fraction of sp³-hybridized carbons (Fsp3) is 0.636. The molecule has 2 atom stereocenters. The predicted molar refractivity (Wildman–Crippen MR) is 152 cm³/mol. The summed E-state index contributed by atoms with van der Waals surface area (Å²) < 4.78 is 12.0. The lowest BCUT2D eigenvalue weighted by Crippen LogP contribution is -2.21. The van der Waals surface area contributed by atoms with Crippen molar-refractivity contribution in [3.63, 3.8) is 0 Å². The van der Waals surface area contributed by atoms with Crippen LogP contribution in [-0.2, 0) is 26.4 Å². The van der Waals surface area contributed by atoms with Gasteiger partial charge in [0.2, 0.25) is 0 Å². The molecule has 0 aliphatic carbocycles. The number of hydrogen-bond donors (Lipinski definition) is 1. The molecule has 1 aliphatic rings. The molecule has 0 aromatic heterocycles. The maximum Gasteiger partial charge on any atom is 0.126 e. The maximum atomic E-state index is 11.7. The number of hydrogen-bond acceptors (Lipinski definition) is 3. The molecule has 0 amide bonds. The third-order valence-corrected chi connectivity index (χ3v) is 7.35. The van der Waals surface area contributed by atoms with Gasteiger partial charge in [-0.15, -0.1) is 0 Å². The van der Waals surface area contributed by atoms with E-state index in [1.165, 1.54) is 16.7 Å². The lowest BCUT2D eigenvalue weighted by molar-refractivity contribution is 0.255. The van der Waals surface area contributed by atoms with Gasteiger partial charge in [-0.2, -0.15) is 0 Å². The van der Waals surface area contributed by atoms with E-state index in [0.717, 1.165) is 29.0 Å². The summed E-state index contributed by atoms with van der Waals surface area (Å²) in [5.74, 6) is 1.29. The zero-order valence-corrected chi connectivity index (χ0v) is 25.1. The zero-order chi connectivity index (χ0) is 27.4. The van der Waals surface area contributed by atoms with Crippen molar-refractivity contribution in [3.05, 3.63) is 57.6 Å². The lowest BCUT2D eigenvalue weighted by Gasteiger charge is -2.32. The third-order valence-electron chi connectivity index (χ3n) is 7.35. The van der Waals surface area contributed by atoms with Gasteiger partial charge in [-0.3, -0.25) is 0 Å². The summed E-state index contributed by atoms with van der Waals surface area (Å²) in [6.45, 7) is 30.3. The van der Waals surface area contributed by atoms with Crippen LogP contribution < -0.4 is 4.74 Å². The van der Waals surface area contributed by atoms with Crippen molar-refractivity contribution < 1.29 is 14.6 Å². The molecule has 0 radical (unpaired) electrons. The Morgan fingerprint density at radius 2 is 1.19 bits per heavy atom. The fourth-order valence-corrected chi connectivity index (χ4v) is 4.62. The maximum absolute atomic E-state index is 11.7. The van der Waals surface area contributed by atoms with E-state index < -0.39 is 0 Å². The standard InChI is InChI=1S/C33H50O3/c1-20(24-14-21(30(2,3)4)16-26(28(24)34)32(8,9)10)25-15-22(31(5,6)7)17-27(33(11,12)13)29(25)36-19-23-18-35-23/h14-17,20,23,34H,18-19H2,1-13H3. The van der Waals surface area contributed by atoms with E-state index in [4.69, 9.17) is 9.47 Å². The summed E-state index contributed by atoms with van der Waals surface area (Å²) in [6, 6.07) is 9.04. The van der Waals surface area contributed by atoms with Gasteiger partial charge in [0.15, 0.2) is 0 Å². The topological polar surface area (TPSA) is 42.0 Å². The van der Waals surface area contributed by atoms with Gasteiger partial charge in [-0.05, 0) is 38.4 Å². The van der Waals surface area contributed by atoms with Gasteiger partial charge >= 0.3 is 0 Å². The molecule has 2 unspecified atom stereocenters. The molecule has 200 valence electrons. The van der Waals surface area contributed by atoms with Crippen molar-refractivity contribution >= 4 is 0 Å². The molecule has 0 saturated carbocycles. The molecule has 1 aliphatic heterocycles. The zero-order valence-electron chi connectivity index (χ0n) is 25.1. The Hall–Kier alpha value is -2.00. The van der Waals surface area contributed by atoms with Crippen LogP contribution in [0.15, 0.2) is 24.3 Å². The Labute approximate surface area is 220 Å². The van der Waals surface area contributed by atoms with Crippen LogP contribution in [-0.4, -0.2) is 24.4 Å². The van der Waals surface area contributed by atoms with Gasteiger partial charge in [0, 0.05) is 22.6 Å². The van der Waals surface area contributed by atoms with Crippen molar-refractivity contribution in [2.24, 2.45) is 0 Å². The van der Waals surface area contributed by atoms with Crippen LogP contribution >= 0.6 is 0 Å². The third kappa shape index (κ3) is 6.28. The van der Waals surface area contributed by atoms with Crippen molar-refractivity contribution in [2.75, 3.05) is 13.2 Å². The normalized spacial score (nSPS) is 17.8. The minimum atomic E-state index is -0.174. The van der Waals surface area contributed by atoms with Crippen LogP contribution in [0.2, 0.25) is 0 Å². The Bertz CT molecular complexity index is 1090. The SMILES string of the molecule is CC(c1cc(C(C)(C)C)cc(C(C)(C)C)c1O)c1cc(C(C)(C)C)cc(C(C)(C)C)c1OCC1CO1. The number of phenolic OH excluding ortho intramolecular Hbond substituents is 1. The molecule has 1 heterocycles. The smallest absolute Gasteiger partial charge is 0.126 e. The summed E-state index contributed by atoms with van der Waals surface area (Å²) in [7, 11) is 0. The van der Waals surface area contributed by atoms with Gasteiger partial charge in [0.05, 0.1) is 6.61 Å². The van der Waals surface area contributed by atoms with E-state index >= 15 is 0 Å². The number of phenols is 1. The molecule has 1 saturated heterocycles. The van der Waals surface area contributed by atoms with Gasteiger partial charge < -0.3 is 14.6 Å². The van der Waals surface area contributed by atoms with E-state index in [1.807, 2.05) is 0 Å². The van der Waals surface area contributed by atoms with Crippen molar-refractivity contribution in [2.45, 2.75) is 124 Å². The first kappa shape index (κ1) is 28.6. The minimum absolute atomic E-state index is 0.0154. The Morgan fingerprint density at radius 1 is 0.750 bits per heavy atom. The van der Waals surface area contributed by atoms with Gasteiger partial charge in [0.25, 0.3) is 0 Å². The van der Waals surface area contributed by atoms with E-state index in [2.05, 4.69) is 114 Å². The largest absolute Gasteiger partial charge is 0.507 e. The van der Waals surface area contributed by atoms with E-state index in [9.17, 15) is 5.11 Å². The van der Waals surface area contributed by atoms with E-state index in [-0.39, 0.29) is 33.7 Å². The fourth-order valence-electron chi connectivity index (χ4n) is 4.62. The average Bonchev–Trinajstić information content (AvgIpc) is 3.52. The molecular formula is C33H50O3. The number of rotatable bonds is 5. The Kier molecular flexibility index (Phi) is 7.45. The highest BCUT2D eigenvalue weighted by Gasteiger charge is 2.33. The van der Waals surface area contributed by atoms with Crippen LogP contribution in [0, 0.1) is 0 Å². The second kappa shape index (κ2) is 9.39. The molecule has 2 aromatic rings. The van der Waals surface area contributed by atoms with Crippen LogP contribution in [0.1, 0.15) is 129 Å². The number of epoxide rings is 1. The van der Waals surface area contributed by atoms with Gasteiger partial charge in [-0.1, -0.05) is 114 Å². The van der Waals surface area contributed by atoms with Gasteiger partial charge in [-0.25, -0.2) is 0 Å². The van der Waals surface area contributed by atoms with Crippen molar-refractivity contribution in [3.8, 4) is 11.5 Å². The first-order valence-corrected chi connectivity index (χ1v) is 13.5. The van der Waals surface area contributed by atoms with Crippen LogP contribution in [0.5, 0.6) is 11.5 Å². The predicted octanol–water partition coefficient (Wildman–Crippen LogP) is 8.51. The molecule has 2 aromatic carbocycles. The summed E-state index contributed by atoms with van der Waals surface area (Å²) in [5.41, 5.74) is 6.50. The quantitative estimate of drug-likeness (QED) is 0.424. The Balaban J connectivity index is 2.33. The molecule has 3 nitrogen and oxygen atoms in total. The van der Waals surface area contributed by atoms with Crippen LogP contribution in [0.4, 0.5) is 0 Å². The van der Waals surface area contributed by atoms with Gasteiger partial charge in [0.1, 0.15) is 24.2 Å². The van der Waals surface area contributed by atoms with Crippen LogP contribution in [0.3, 0.4) is 0 Å². The van der Waals surface area contributed by atoms with Crippen molar-refractivity contribution in [1.29, 1.82) is 0 Å². The van der Waals surface area contributed by atoms with Crippen molar-refractivity contribution in [1.82, 2.24) is 0 Å². The highest BCUT2D eigenvalue weighted by atomic mass is 16.6. The second-order valence-corrected chi connectivity index (χ2v) is 14.9. The molecule has 36 heavy (non-hydrogen) atoms. The average molecular weight is 495 g/mol. The summed E-state index contributed by atoms with van der Waals surface area (Å²) in [6.07, 6.45) is 0.174. The molecule has 1 fully saturated rings. The number of ether oxygens (including phenoxy) is 2. The van der Waals surface area contributed by atoms with E-state index in [0.29, 0.717) is 12.4 Å². The summed E-state index contributed by atoms with van der Waals surface area (Å²) in [5, 5.41) is 11.7. The second-order valence-electron chi connectivity index (χ2n) is 14.9. The number of benzene rings is 2. The first-order valence-electron chi connectivity index (χ1n) is 13.5. The monoisotopic (exact) mass is 494 g/mol. The molecule has 3 rings (SSSR count). The molecule has 0 spiro atoms. The van der Waals surface area contributed by atoms with E-state index in [1.54, 1.807) is 0 Å². The molecular weight excluding hydrogens is 444 g/mol. The highest BCUT2D eigenvalue weighted by Crippen LogP contribution is 2.47. The minimum Gasteiger partial charge on any atom is -0.507 e.